The molecule has 1 heteroatoms. The van der Waals surface area contributed by atoms with Gasteiger partial charge in [0.1, 0.15) is 0 Å². The van der Waals surface area contributed by atoms with Crippen molar-refractivity contribution in [3.8, 4) is 0 Å². The molecule has 0 N–H and O–H groups in total. The smallest absolute Gasteiger partial charge is 0.0225 e. The van der Waals surface area contributed by atoms with E-state index in [1.54, 1.807) is 5.30 Å². The monoisotopic (exact) mass is 250 g/mol. The summed E-state index contributed by atoms with van der Waals surface area (Å²) in [6.07, 6.45) is 5.51. The first-order valence-electron chi connectivity index (χ1n) is 6.89. The van der Waals surface area contributed by atoms with Crippen LogP contribution in [0, 0.1) is 20.8 Å². The lowest BCUT2D eigenvalue weighted by atomic mass is 10.1. The highest BCUT2D eigenvalue weighted by molar-refractivity contribution is 7.48. The van der Waals surface area contributed by atoms with E-state index in [4.69, 9.17) is 0 Å². The molecule has 0 saturated heterocycles. The van der Waals surface area contributed by atoms with E-state index in [0.717, 1.165) is 14.2 Å². The van der Waals surface area contributed by atoms with Gasteiger partial charge >= 0.3 is 0 Å². The molecule has 0 aliphatic heterocycles. The maximum absolute atomic E-state index is 2.41. The number of hydrogen-bond acceptors (Lipinski definition) is 0. The minimum absolute atomic E-state index is 0.849. The molecule has 96 valence electrons. The van der Waals surface area contributed by atoms with Gasteiger partial charge in [-0.05, 0) is 54.8 Å². The van der Waals surface area contributed by atoms with Crippen molar-refractivity contribution in [3.05, 3.63) is 28.8 Å². The number of rotatable bonds is 6. The van der Waals surface area contributed by atoms with Crippen LogP contribution < -0.4 is 5.30 Å². The SMILES string of the molecule is CCCCCC(C)Pc1ccc(C)c(C)c1C. The Morgan fingerprint density at radius 1 is 1.06 bits per heavy atom. The lowest BCUT2D eigenvalue weighted by Gasteiger charge is -2.16. The van der Waals surface area contributed by atoms with Gasteiger partial charge in [-0.2, -0.15) is 0 Å². The highest BCUT2D eigenvalue weighted by Crippen LogP contribution is 2.26. The lowest BCUT2D eigenvalue weighted by Crippen LogP contribution is -2.08. The molecule has 1 aromatic rings. The van der Waals surface area contributed by atoms with Gasteiger partial charge in [0.15, 0.2) is 0 Å². The second-order valence-corrected chi connectivity index (χ2v) is 7.03. The molecule has 0 aliphatic rings. The Kier molecular flexibility index (Phi) is 6.20. The fraction of sp³-hybridized carbons (Fsp3) is 0.625. The van der Waals surface area contributed by atoms with Crippen LogP contribution in [0.15, 0.2) is 12.1 Å². The summed E-state index contributed by atoms with van der Waals surface area (Å²) in [5, 5.41) is 1.58. The van der Waals surface area contributed by atoms with E-state index < -0.39 is 0 Å². The average molecular weight is 250 g/mol. The van der Waals surface area contributed by atoms with Crippen LogP contribution in [0.1, 0.15) is 56.2 Å². The van der Waals surface area contributed by atoms with Crippen molar-refractivity contribution < 1.29 is 0 Å². The number of aryl methyl sites for hydroxylation is 1. The Morgan fingerprint density at radius 2 is 1.76 bits per heavy atom. The molecule has 2 atom stereocenters. The third-order valence-corrected chi connectivity index (χ3v) is 5.33. The zero-order chi connectivity index (χ0) is 12.8. The van der Waals surface area contributed by atoms with Crippen LogP contribution in [0.3, 0.4) is 0 Å². The molecule has 0 aliphatic carbocycles. The summed E-state index contributed by atoms with van der Waals surface area (Å²) in [5.41, 5.74) is 5.28. The fourth-order valence-corrected chi connectivity index (χ4v) is 3.61. The molecule has 0 bridgehead atoms. The standard InChI is InChI=1S/C16H27P/c1-6-7-8-9-13(3)17-16-11-10-12(2)14(4)15(16)5/h10-11,13,17H,6-9H2,1-5H3. The van der Waals surface area contributed by atoms with Crippen molar-refractivity contribution in [3.63, 3.8) is 0 Å². The Hall–Kier alpha value is -0.350. The van der Waals surface area contributed by atoms with Crippen LogP contribution in [0.5, 0.6) is 0 Å². The molecule has 1 aromatic carbocycles. The molecule has 17 heavy (non-hydrogen) atoms. The average Bonchev–Trinajstić information content (AvgIpc) is 2.30. The fourth-order valence-electron chi connectivity index (χ4n) is 2.15. The normalized spacial score (nSPS) is 13.5. The van der Waals surface area contributed by atoms with Crippen LogP contribution in [0.4, 0.5) is 0 Å². The van der Waals surface area contributed by atoms with Gasteiger partial charge in [-0.3, -0.25) is 0 Å². The predicted octanol–water partition coefficient (Wildman–Crippen LogP) is 4.88. The zero-order valence-corrected chi connectivity index (χ0v) is 13.1. The van der Waals surface area contributed by atoms with Gasteiger partial charge < -0.3 is 0 Å². The van der Waals surface area contributed by atoms with E-state index in [2.05, 4.69) is 46.8 Å². The Labute approximate surface area is 109 Å². The molecule has 0 heterocycles. The molecule has 0 saturated carbocycles. The van der Waals surface area contributed by atoms with Gasteiger partial charge in [0.25, 0.3) is 0 Å². The van der Waals surface area contributed by atoms with Crippen LogP contribution in [-0.4, -0.2) is 5.66 Å². The molecule has 1 rings (SSSR count). The molecule has 2 unspecified atom stereocenters. The van der Waals surface area contributed by atoms with E-state index in [1.807, 2.05) is 0 Å². The van der Waals surface area contributed by atoms with Crippen molar-refractivity contribution in [2.24, 2.45) is 0 Å². The highest BCUT2D eigenvalue weighted by atomic mass is 31.1. The predicted molar refractivity (Wildman–Crippen MR) is 82.2 cm³/mol. The Morgan fingerprint density at radius 3 is 2.41 bits per heavy atom. The lowest BCUT2D eigenvalue weighted by molar-refractivity contribution is 0.663. The van der Waals surface area contributed by atoms with Crippen molar-refractivity contribution in [2.75, 3.05) is 0 Å². The van der Waals surface area contributed by atoms with Gasteiger partial charge in [0.2, 0.25) is 0 Å². The van der Waals surface area contributed by atoms with Crippen molar-refractivity contribution in [2.45, 2.75) is 66.0 Å². The van der Waals surface area contributed by atoms with Crippen molar-refractivity contribution >= 4 is 13.9 Å². The van der Waals surface area contributed by atoms with Gasteiger partial charge in [-0.25, -0.2) is 0 Å². The maximum Gasteiger partial charge on any atom is -0.0225 e. The van der Waals surface area contributed by atoms with Crippen LogP contribution >= 0.6 is 8.58 Å². The minimum atomic E-state index is 0.849. The zero-order valence-electron chi connectivity index (χ0n) is 12.1. The summed E-state index contributed by atoms with van der Waals surface area (Å²) >= 11 is 0. The molecule has 0 nitrogen and oxygen atoms in total. The maximum atomic E-state index is 2.41. The van der Waals surface area contributed by atoms with Crippen LogP contribution in [-0.2, 0) is 0 Å². The first-order chi connectivity index (χ1) is 8.06. The van der Waals surface area contributed by atoms with E-state index in [9.17, 15) is 0 Å². The number of benzene rings is 1. The summed E-state index contributed by atoms with van der Waals surface area (Å²) in [7, 11) is 0.981. The van der Waals surface area contributed by atoms with Gasteiger partial charge in [-0.1, -0.05) is 53.8 Å². The molecule has 0 spiro atoms. The first-order valence-corrected chi connectivity index (χ1v) is 7.97. The summed E-state index contributed by atoms with van der Waals surface area (Å²) in [5.74, 6) is 0. The van der Waals surface area contributed by atoms with Crippen molar-refractivity contribution in [1.82, 2.24) is 0 Å². The second kappa shape index (κ2) is 7.17. The molecule has 0 fully saturated rings. The number of unbranched alkanes of at least 4 members (excludes halogenated alkanes) is 2. The first kappa shape index (κ1) is 14.7. The summed E-state index contributed by atoms with van der Waals surface area (Å²) in [4.78, 5) is 0. The molecular formula is C16H27P. The van der Waals surface area contributed by atoms with E-state index >= 15 is 0 Å². The molecule has 0 amide bonds. The third-order valence-electron chi connectivity index (χ3n) is 3.70. The largest absolute Gasteiger partial charge is 0.0872 e. The summed E-state index contributed by atoms with van der Waals surface area (Å²) < 4.78 is 0. The van der Waals surface area contributed by atoms with E-state index in [0.29, 0.717) is 0 Å². The van der Waals surface area contributed by atoms with E-state index in [-0.39, 0.29) is 0 Å². The van der Waals surface area contributed by atoms with Gasteiger partial charge in [0, 0.05) is 0 Å². The van der Waals surface area contributed by atoms with Gasteiger partial charge in [0.05, 0.1) is 0 Å². The van der Waals surface area contributed by atoms with Crippen LogP contribution in [0.2, 0.25) is 0 Å². The molecule has 0 aromatic heterocycles. The van der Waals surface area contributed by atoms with E-state index in [1.165, 1.54) is 42.4 Å². The number of hydrogen-bond donors (Lipinski definition) is 0. The Bertz CT molecular complexity index is 355. The van der Waals surface area contributed by atoms with Crippen LogP contribution in [0.25, 0.3) is 0 Å². The topological polar surface area (TPSA) is 0 Å². The Balaban J connectivity index is 2.59. The minimum Gasteiger partial charge on any atom is -0.0872 e. The highest BCUT2D eigenvalue weighted by Gasteiger charge is 2.08. The van der Waals surface area contributed by atoms with Gasteiger partial charge in [-0.15, -0.1) is 0 Å². The van der Waals surface area contributed by atoms with Crippen molar-refractivity contribution in [1.29, 1.82) is 0 Å². The summed E-state index contributed by atoms with van der Waals surface area (Å²) in [6.45, 7) is 11.4. The second-order valence-electron chi connectivity index (χ2n) is 5.22. The molecule has 0 radical (unpaired) electrons. The molecular weight excluding hydrogens is 223 g/mol. The quantitative estimate of drug-likeness (QED) is 0.498. The summed E-state index contributed by atoms with van der Waals surface area (Å²) in [6, 6.07) is 4.62. The third kappa shape index (κ3) is 4.43.